The zero-order valence-electron chi connectivity index (χ0n) is 12.3. The molecule has 110 valence electrons. The van der Waals surface area contributed by atoms with Gasteiger partial charge < -0.3 is 14.2 Å². The van der Waals surface area contributed by atoms with E-state index in [-0.39, 0.29) is 0 Å². The first-order chi connectivity index (χ1) is 10.2. The van der Waals surface area contributed by atoms with E-state index in [1.54, 1.807) is 12.1 Å². The van der Waals surface area contributed by atoms with Crippen LogP contribution in [-0.4, -0.2) is 27.3 Å². The summed E-state index contributed by atoms with van der Waals surface area (Å²) in [5.41, 5.74) is 2.73. The Morgan fingerprint density at radius 1 is 0.810 bits per heavy atom. The second kappa shape index (κ2) is 6.52. The number of ether oxygens (including phenoxy) is 3. The summed E-state index contributed by atoms with van der Waals surface area (Å²) >= 11 is 0. The molecule has 4 heteroatoms. The number of hydrogen-bond donors (Lipinski definition) is 0. The Morgan fingerprint density at radius 2 is 1.33 bits per heavy atom. The first-order valence-electron chi connectivity index (χ1n) is 6.52. The molecule has 0 spiro atoms. The van der Waals surface area contributed by atoms with Gasteiger partial charge in [0.2, 0.25) is 0 Å². The summed E-state index contributed by atoms with van der Waals surface area (Å²) in [7, 11) is 4.12. The molecule has 0 unspecified atom stereocenters. The molecule has 0 fully saturated rings. The fourth-order valence-electron chi connectivity index (χ4n) is 2.25. The Bertz CT molecular complexity index is 586. The molecule has 2 rings (SSSR count). The molecule has 0 N–H and O–H groups in total. The summed E-state index contributed by atoms with van der Waals surface area (Å²) in [6, 6.07) is 17.4. The van der Waals surface area contributed by atoms with Crippen LogP contribution in [0.15, 0.2) is 54.6 Å². The van der Waals surface area contributed by atoms with Gasteiger partial charge in [0, 0.05) is 19.8 Å². The van der Waals surface area contributed by atoms with Gasteiger partial charge in [0.05, 0.1) is 7.11 Å². The highest BCUT2D eigenvalue weighted by Crippen LogP contribution is 2.29. The summed E-state index contributed by atoms with van der Waals surface area (Å²) in [6.07, 6.45) is 0. The minimum Gasteiger partial charge on any atom is -0.465 e. The maximum absolute atomic E-state index is 12.0. The smallest absolute Gasteiger partial charge is 0.371 e. The van der Waals surface area contributed by atoms with Crippen molar-refractivity contribution in [2.45, 2.75) is 5.79 Å². The van der Waals surface area contributed by atoms with E-state index < -0.39 is 11.8 Å². The van der Waals surface area contributed by atoms with Gasteiger partial charge >= 0.3 is 5.97 Å². The van der Waals surface area contributed by atoms with E-state index >= 15 is 0 Å². The lowest BCUT2D eigenvalue weighted by Gasteiger charge is -2.28. The van der Waals surface area contributed by atoms with Crippen molar-refractivity contribution in [2.24, 2.45) is 0 Å². The number of rotatable bonds is 5. The average molecular weight is 286 g/mol. The highest BCUT2D eigenvalue weighted by atomic mass is 16.7. The summed E-state index contributed by atoms with van der Waals surface area (Å²) in [5.74, 6) is -2.13. The predicted octanol–water partition coefficient (Wildman–Crippen LogP) is 2.97. The van der Waals surface area contributed by atoms with Crippen molar-refractivity contribution in [1.29, 1.82) is 0 Å². The molecule has 0 aromatic heterocycles. The van der Waals surface area contributed by atoms with E-state index in [2.05, 4.69) is 0 Å². The Hall–Kier alpha value is -2.17. The Kier molecular flexibility index (Phi) is 4.73. The second-order valence-electron chi connectivity index (χ2n) is 4.46. The van der Waals surface area contributed by atoms with Gasteiger partial charge in [-0.2, -0.15) is 0 Å². The predicted molar refractivity (Wildman–Crippen MR) is 79.6 cm³/mol. The van der Waals surface area contributed by atoms with Crippen LogP contribution < -0.4 is 0 Å². The average Bonchev–Trinajstić information content (AvgIpc) is 2.57. The summed E-state index contributed by atoms with van der Waals surface area (Å²) < 4.78 is 15.3. The van der Waals surface area contributed by atoms with Gasteiger partial charge in [0.25, 0.3) is 5.79 Å². The van der Waals surface area contributed by atoms with Gasteiger partial charge in [-0.15, -0.1) is 0 Å². The molecule has 21 heavy (non-hydrogen) atoms. The number of carbonyl (C=O) groups excluding carboxylic acids is 1. The number of esters is 1. The van der Waals surface area contributed by atoms with Crippen molar-refractivity contribution in [3.05, 3.63) is 60.2 Å². The molecule has 0 aliphatic heterocycles. The molecule has 0 saturated heterocycles. The molecular weight excluding hydrogens is 268 g/mol. The van der Waals surface area contributed by atoms with Crippen LogP contribution in [-0.2, 0) is 24.8 Å². The molecule has 4 nitrogen and oxygen atoms in total. The van der Waals surface area contributed by atoms with Crippen LogP contribution in [0.2, 0.25) is 0 Å². The molecule has 2 aromatic carbocycles. The normalized spacial score (nSPS) is 11.2. The number of benzene rings is 2. The van der Waals surface area contributed by atoms with Gasteiger partial charge in [-0.25, -0.2) is 4.79 Å². The largest absolute Gasteiger partial charge is 0.465 e. The first kappa shape index (κ1) is 15.2. The van der Waals surface area contributed by atoms with Gasteiger partial charge in [0.1, 0.15) is 0 Å². The van der Waals surface area contributed by atoms with Crippen LogP contribution in [0.3, 0.4) is 0 Å². The van der Waals surface area contributed by atoms with Crippen LogP contribution in [0.4, 0.5) is 0 Å². The van der Waals surface area contributed by atoms with Crippen molar-refractivity contribution in [3.8, 4) is 11.1 Å². The van der Waals surface area contributed by atoms with Crippen molar-refractivity contribution >= 4 is 5.97 Å². The zero-order chi connectivity index (χ0) is 15.3. The summed E-state index contributed by atoms with van der Waals surface area (Å²) in [6.45, 7) is 0. The zero-order valence-corrected chi connectivity index (χ0v) is 12.3. The number of carbonyl (C=O) groups is 1. The Balaban J connectivity index is 2.39. The standard InChI is InChI=1S/C17H18O4/c1-19-16(18)17(20-2,21-3)15-11-9-14(10-12-15)13-7-5-4-6-8-13/h4-12H,1-3H3. The molecular formula is C17H18O4. The van der Waals surface area contributed by atoms with Crippen LogP contribution in [0.25, 0.3) is 11.1 Å². The lowest BCUT2D eigenvalue weighted by Crippen LogP contribution is -2.40. The van der Waals surface area contributed by atoms with Crippen molar-refractivity contribution in [1.82, 2.24) is 0 Å². The maximum atomic E-state index is 12.0. The molecule has 0 saturated carbocycles. The van der Waals surface area contributed by atoms with E-state index in [1.165, 1.54) is 21.3 Å². The lowest BCUT2D eigenvalue weighted by molar-refractivity contribution is -0.233. The van der Waals surface area contributed by atoms with Crippen LogP contribution >= 0.6 is 0 Å². The lowest BCUT2D eigenvalue weighted by atomic mass is 10.00. The molecule has 0 atom stereocenters. The Labute approximate surface area is 124 Å². The molecule has 0 heterocycles. The first-order valence-corrected chi connectivity index (χ1v) is 6.52. The number of hydrogen-bond acceptors (Lipinski definition) is 4. The topological polar surface area (TPSA) is 44.8 Å². The molecule has 0 amide bonds. The fourth-order valence-corrected chi connectivity index (χ4v) is 2.25. The highest BCUT2D eigenvalue weighted by molar-refractivity contribution is 5.80. The van der Waals surface area contributed by atoms with Crippen molar-refractivity contribution in [2.75, 3.05) is 21.3 Å². The minimum atomic E-state index is -1.54. The molecule has 2 aromatic rings. The summed E-state index contributed by atoms with van der Waals surface area (Å²) in [4.78, 5) is 12.0. The molecule has 0 aliphatic carbocycles. The van der Waals surface area contributed by atoms with Crippen LogP contribution in [0.5, 0.6) is 0 Å². The summed E-state index contributed by atoms with van der Waals surface area (Å²) in [5, 5.41) is 0. The second-order valence-corrected chi connectivity index (χ2v) is 4.46. The third-order valence-corrected chi connectivity index (χ3v) is 3.40. The third kappa shape index (κ3) is 2.82. The monoisotopic (exact) mass is 286 g/mol. The SMILES string of the molecule is COC(=O)C(OC)(OC)c1ccc(-c2ccccc2)cc1. The molecule has 0 aliphatic rings. The minimum absolute atomic E-state index is 0.582. The van der Waals surface area contributed by atoms with Crippen LogP contribution in [0.1, 0.15) is 5.56 Å². The third-order valence-electron chi connectivity index (χ3n) is 3.40. The van der Waals surface area contributed by atoms with Crippen molar-refractivity contribution in [3.63, 3.8) is 0 Å². The van der Waals surface area contributed by atoms with E-state index in [0.29, 0.717) is 5.56 Å². The van der Waals surface area contributed by atoms with E-state index in [9.17, 15) is 4.79 Å². The molecule has 0 radical (unpaired) electrons. The van der Waals surface area contributed by atoms with Gasteiger partial charge in [-0.05, 0) is 11.1 Å². The fraction of sp³-hybridized carbons (Fsp3) is 0.235. The maximum Gasteiger partial charge on any atom is 0.371 e. The van der Waals surface area contributed by atoms with Crippen LogP contribution in [0, 0.1) is 0 Å². The Morgan fingerprint density at radius 3 is 1.81 bits per heavy atom. The molecule has 0 bridgehead atoms. The van der Waals surface area contributed by atoms with Crippen molar-refractivity contribution < 1.29 is 19.0 Å². The van der Waals surface area contributed by atoms with Gasteiger partial charge in [-0.1, -0.05) is 54.6 Å². The van der Waals surface area contributed by atoms with E-state index in [1.807, 2.05) is 42.5 Å². The van der Waals surface area contributed by atoms with Gasteiger partial charge in [-0.3, -0.25) is 0 Å². The quantitative estimate of drug-likeness (QED) is 0.626. The van der Waals surface area contributed by atoms with Gasteiger partial charge in [0.15, 0.2) is 0 Å². The van der Waals surface area contributed by atoms with E-state index in [4.69, 9.17) is 14.2 Å². The highest BCUT2D eigenvalue weighted by Gasteiger charge is 2.42. The van der Waals surface area contributed by atoms with E-state index in [0.717, 1.165) is 11.1 Å². The number of methoxy groups -OCH3 is 3.